The van der Waals surface area contributed by atoms with Crippen LogP contribution in [0.2, 0.25) is 10.0 Å². The van der Waals surface area contributed by atoms with Crippen LogP contribution >= 0.6 is 23.2 Å². The van der Waals surface area contributed by atoms with E-state index >= 15 is 0 Å². The Morgan fingerprint density at radius 2 is 1.77 bits per heavy atom. The molecular weight excluding hydrogens is 373 g/mol. The molecule has 1 atom stereocenters. The van der Waals surface area contributed by atoms with E-state index in [9.17, 15) is 9.59 Å². The van der Waals surface area contributed by atoms with Crippen molar-refractivity contribution in [2.45, 2.75) is 26.9 Å². The summed E-state index contributed by atoms with van der Waals surface area (Å²) < 4.78 is 5.14. The summed E-state index contributed by atoms with van der Waals surface area (Å²) in [7, 11) is 0. The largest absolute Gasteiger partial charge is 0.449 e. The highest BCUT2D eigenvalue weighted by Crippen LogP contribution is 2.22. The highest BCUT2D eigenvalue weighted by atomic mass is 35.5. The van der Waals surface area contributed by atoms with Crippen molar-refractivity contribution in [2.75, 3.05) is 5.32 Å². The van der Waals surface area contributed by atoms with Crippen molar-refractivity contribution in [1.82, 2.24) is 0 Å². The number of hydrogen-bond acceptors (Lipinski definition) is 3. The molecule has 1 unspecified atom stereocenters. The SMILES string of the molecule is Cc1cccc(C)c1NC(=O)C(C)OC(=O)/C=C/c1ccc(Cl)cc1Cl. The van der Waals surface area contributed by atoms with E-state index in [4.69, 9.17) is 27.9 Å². The number of benzene rings is 2. The van der Waals surface area contributed by atoms with Crippen molar-refractivity contribution < 1.29 is 14.3 Å². The van der Waals surface area contributed by atoms with Crippen LogP contribution in [0.1, 0.15) is 23.6 Å². The molecule has 6 heteroatoms. The van der Waals surface area contributed by atoms with Crippen molar-refractivity contribution in [3.05, 3.63) is 69.2 Å². The molecule has 0 bridgehead atoms. The van der Waals surface area contributed by atoms with Crippen molar-refractivity contribution in [1.29, 1.82) is 0 Å². The maximum atomic E-state index is 12.3. The van der Waals surface area contributed by atoms with Gasteiger partial charge in [-0.15, -0.1) is 0 Å². The number of para-hydroxylation sites is 1. The monoisotopic (exact) mass is 391 g/mol. The van der Waals surface area contributed by atoms with E-state index in [-0.39, 0.29) is 0 Å². The Bertz CT molecular complexity index is 842. The lowest BCUT2D eigenvalue weighted by atomic mass is 10.1. The summed E-state index contributed by atoms with van der Waals surface area (Å²) in [5.41, 5.74) is 3.23. The van der Waals surface area contributed by atoms with Crippen LogP contribution in [0, 0.1) is 13.8 Å². The number of nitrogens with one attached hydrogen (secondary N) is 1. The van der Waals surface area contributed by atoms with Gasteiger partial charge in [-0.3, -0.25) is 4.79 Å². The number of esters is 1. The second kappa shape index (κ2) is 8.88. The smallest absolute Gasteiger partial charge is 0.331 e. The van der Waals surface area contributed by atoms with Crippen LogP contribution in [-0.4, -0.2) is 18.0 Å². The zero-order chi connectivity index (χ0) is 19.3. The minimum Gasteiger partial charge on any atom is -0.449 e. The number of amides is 1. The van der Waals surface area contributed by atoms with E-state index in [0.717, 1.165) is 16.8 Å². The van der Waals surface area contributed by atoms with Gasteiger partial charge in [0.1, 0.15) is 0 Å². The van der Waals surface area contributed by atoms with Gasteiger partial charge in [0.05, 0.1) is 0 Å². The molecule has 0 spiro atoms. The number of halogens is 2. The van der Waals surface area contributed by atoms with E-state index in [2.05, 4.69) is 5.32 Å². The Balaban J connectivity index is 1.97. The molecule has 0 aliphatic carbocycles. The summed E-state index contributed by atoms with van der Waals surface area (Å²) in [5, 5.41) is 3.72. The van der Waals surface area contributed by atoms with Crippen LogP contribution < -0.4 is 5.32 Å². The first kappa shape index (κ1) is 20.0. The molecule has 0 aliphatic rings. The fourth-order valence-electron chi connectivity index (χ4n) is 2.30. The summed E-state index contributed by atoms with van der Waals surface area (Å²) in [6.45, 7) is 5.32. The predicted molar refractivity (Wildman–Crippen MR) is 106 cm³/mol. The quantitative estimate of drug-likeness (QED) is 0.563. The zero-order valence-corrected chi connectivity index (χ0v) is 16.2. The van der Waals surface area contributed by atoms with Crippen LogP contribution in [0.15, 0.2) is 42.5 Å². The molecule has 0 aromatic heterocycles. The van der Waals surface area contributed by atoms with Crippen molar-refractivity contribution in [2.24, 2.45) is 0 Å². The average Bonchev–Trinajstić information content (AvgIpc) is 2.57. The van der Waals surface area contributed by atoms with Gasteiger partial charge in [0.25, 0.3) is 5.91 Å². The molecule has 0 saturated heterocycles. The third kappa shape index (κ3) is 5.35. The van der Waals surface area contributed by atoms with Gasteiger partial charge in [0, 0.05) is 21.8 Å². The van der Waals surface area contributed by atoms with Crippen molar-refractivity contribution in [3.63, 3.8) is 0 Å². The van der Waals surface area contributed by atoms with Crippen molar-refractivity contribution in [3.8, 4) is 0 Å². The van der Waals surface area contributed by atoms with E-state index in [0.29, 0.717) is 15.6 Å². The van der Waals surface area contributed by atoms with Gasteiger partial charge in [-0.1, -0.05) is 47.5 Å². The molecule has 4 nitrogen and oxygen atoms in total. The van der Waals surface area contributed by atoms with Gasteiger partial charge < -0.3 is 10.1 Å². The summed E-state index contributed by atoms with van der Waals surface area (Å²) >= 11 is 11.9. The van der Waals surface area contributed by atoms with Gasteiger partial charge in [0.2, 0.25) is 0 Å². The van der Waals surface area contributed by atoms with Gasteiger partial charge in [0.15, 0.2) is 6.10 Å². The molecular formula is C20H19Cl2NO3. The van der Waals surface area contributed by atoms with Gasteiger partial charge in [-0.25, -0.2) is 4.79 Å². The molecule has 1 N–H and O–H groups in total. The molecule has 0 aliphatic heterocycles. The third-order valence-electron chi connectivity index (χ3n) is 3.75. The highest BCUT2D eigenvalue weighted by molar-refractivity contribution is 6.35. The van der Waals surface area contributed by atoms with Gasteiger partial charge >= 0.3 is 5.97 Å². The maximum absolute atomic E-state index is 12.3. The third-order valence-corrected chi connectivity index (χ3v) is 4.32. The van der Waals surface area contributed by atoms with Crippen LogP contribution in [-0.2, 0) is 14.3 Å². The number of anilines is 1. The summed E-state index contributed by atoms with van der Waals surface area (Å²) in [6, 6.07) is 10.6. The molecule has 2 aromatic carbocycles. The summed E-state index contributed by atoms with van der Waals surface area (Å²) in [5.74, 6) is -1.03. The fraction of sp³-hybridized carbons (Fsp3) is 0.200. The van der Waals surface area contributed by atoms with E-state index in [1.165, 1.54) is 19.1 Å². The number of hydrogen-bond donors (Lipinski definition) is 1. The molecule has 2 aromatic rings. The number of aryl methyl sites for hydroxylation is 2. The Kier molecular flexibility index (Phi) is 6.83. The molecule has 136 valence electrons. The number of ether oxygens (including phenoxy) is 1. The molecule has 1 amide bonds. The number of rotatable bonds is 5. The second-order valence-corrected chi connectivity index (χ2v) is 6.68. The standard InChI is InChI=1S/C20H19Cl2NO3/c1-12-5-4-6-13(2)19(12)23-20(25)14(3)26-18(24)10-8-15-7-9-16(21)11-17(15)22/h4-11,14H,1-3H3,(H,23,25)/b10-8+. The van der Waals surface area contributed by atoms with Crippen LogP contribution in [0.5, 0.6) is 0 Å². The lowest BCUT2D eigenvalue weighted by molar-refractivity contribution is -0.148. The summed E-state index contributed by atoms with van der Waals surface area (Å²) in [4.78, 5) is 24.2. The van der Waals surface area contributed by atoms with Crippen LogP contribution in [0.4, 0.5) is 5.69 Å². The maximum Gasteiger partial charge on any atom is 0.331 e. The normalized spacial score (nSPS) is 12.0. The van der Waals surface area contributed by atoms with Crippen molar-refractivity contribution >= 4 is 46.8 Å². The lowest BCUT2D eigenvalue weighted by Crippen LogP contribution is -2.30. The molecule has 0 fully saturated rings. The van der Waals surface area contributed by atoms with Crippen LogP contribution in [0.25, 0.3) is 6.08 Å². The Morgan fingerprint density at radius 1 is 1.12 bits per heavy atom. The Labute approximate surface area is 162 Å². The minimum absolute atomic E-state index is 0.395. The fourth-order valence-corrected chi connectivity index (χ4v) is 2.77. The average molecular weight is 392 g/mol. The highest BCUT2D eigenvalue weighted by Gasteiger charge is 2.18. The van der Waals surface area contributed by atoms with Gasteiger partial charge in [-0.2, -0.15) is 0 Å². The van der Waals surface area contributed by atoms with Gasteiger partial charge in [-0.05, 0) is 55.7 Å². The first-order valence-corrected chi connectivity index (χ1v) is 8.74. The first-order chi connectivity index (χ1) is 12.3. The number of carbonyl (C=O) groups excluding carboxylic acids is 2. The molecule has 0 radical (unpaired) electrons. The minimum atomic E-state index is -0.938. The van der Waals surface area contributed by atoms with Crippen LogP contribution in [0.3, 0.4) is 0 Å². The Morgan fingerprint density at radius 3 is 2.38 bits per heavy atom. The summed E-state index contributed by atoms with van der Waals surface area (Å²) in [6.07, 6.45) is 1.79. The Hall–Kier alpha value is -2.30. The molecule has 0 saturated carbocycles. The molecule has 2 rings (SSSR count). The number of carbonyl (C=O) groups is 2. The first-order valence-electron chi connectivity index (χ1n) is 7.98. The molecule has 26 heavy (non-hydrogen) atoms. The molecule has 0 heterocycles. The zero-order valence-electron chi connectivity index (χ0n) is 14.7. The van der Waals surface area contributed by atoms with E-state index < -0.39 is 18.0 Å². The van der Waals surface area contributed by atoms with E-state index in [1.54, 1.807) is 18.2 Å². The topological polar surface area (TPSA) is 55.4 Å². The van der Waals surface area contributed by atoms with E-state index in [1.807, 2.05) is 32.0 Å². The lowest BCUT2D eigenvalue weighted by Gasteiger charge is -2.15. The second-order valence-electron chi connectivity index (χ2n) is 5.83. The predicted octanol–water partition coefficient (Wildman–Crippen LogP) is 5.19.